The third kappa shape index (κ3) is 5.66. The normalized spacial score (nSPS) is 29.3. The molecule has 0 spiro atoms. The maximum absolute atomic E-state index is 16.0. The molecule has 0 bridgehead atoms. The fourth-order valence-electron chi connectivity index (χ4n) is 2.98. The van der Waals surface area contributed by atoms with E-state index in [0.29, 0.717) is 4.57 Å². The molecule has 3 rings (SSSR count). The number of aromatic amines is 1. The minimum Gasteiger partial charge on any atom is -0.413 e. The van der Waals surface area contributed by atoms with Gasteiger partial charge >= 0.3 is 13.4 Å². The van der Waals surface area contributed by atoms with Crippen LogP contribution in [0, 0.1) is 0 Å². The summed E-state index contributed by atoms with van der Waals surface area (Å²) in [6, 6.07) is 7.59. The van der Waals surface area contributed by atoms with Gasteiger partial charge in [-0.25, -0.2) is 18.8 Å². The van der Waals surface area contributed by atoms with Crippen LogP contribution >= 0.6 is 7.75 Å². The van der Waals surface area contributed by atoms with Crippen molar-refractivity contribution in [1.29, 1.82) is 0 Å². The van der Waals surface area contributed by atoms with Crippen molar-refractivity contribution in [2.45, 2.75) is 50.8 Å². The molecule has 0 radical (unpaired) electrons. The molecule has 180 valence electrons. The lowest BCUT2D eigenvalue weighted by Gasteiger charge is -2.25. The van der Waals surface area contributed by atoms with Crippen LogP contribution in [0.25, 0.3) is 0 Å². The molecule has 0 saturated carbocycles. The fraction of sp³-hybridized carbons (Fsp3) is 0.450. The molecule has 1 aromatic carbocycles. The Kier molecular flexibility index (Phi) is 6.15. The summed E-state index contributed by atoms with van der Waals surface area (Å²) >= 11 is 0. The standard InChI is InChI=1S/C20H25FN3O8P/c1-12(13(2)25)23-33(29,32-14-7-5-4-6-8-14)30-11-15-17(27)20(3,21)18(31-15)24-10-9-16(26)22-19(24)28/h4-10,12,15,17-18,27H,11H2,1-3H3,(H,23,29)(H,22,26,28)/t12-,15+,17+,18+,20+,33-/m0/s1/i3D3. The number of nitrogens with zero attached hydrogens (tertiary/aromatic N) is 1. The van der Waals surface area contributed by atoms with E-state index in [1.54, 1.807) is 18.2 Å². The van der Waals surface area contributed by atoms with Gasteiger partial charge in [0.15, 0.2) is 11.9 Å². The quantitative estimate of drug-likeness (QED) is 0.444. The number of H-pyrrole nitrogens is 1. The number of carbonyl (C=O) groups excluding carboxylic acids is 1. The highest BCUT2D eigenvalue weighted by atomic mass is 31.2. The number of ketones is 1. The predicted molar refractivity (Wildman–Crippen MR) is 115 cm³/mol. The summed E-state index contributed by atoms with van der Waals surface area (Å²) in [6.07, 6.45) is -5.51. The monoisotopic (exact) mass is 488 g/mol. The van der Waals surface area contributed by atoms with Crippen LogP contribution in [0.3, 0.4) is 0 Å². The van der Waals surface area contributed by atoms with Crippen LogP contribution in [0.4, 0.5) is 4.39 Å². The lowest BCUT2D eigenvalue weighted by molar-refractivity contribution is -0.118. The highest BCUT2D eigenvalue weighted by molar-refractivity contribution is 7.52. The van der Waals surface area contributed by atoms with Crippen LogP contribution in [0.2, 0.25) is 0 Å². The number of para-hydroxylation sites is 1. The Labute approximate surface area is 192 Å². The highest BCUT2D eigenvalue weighted by Gasteiger charge is 2.55. The van der Waals surface area contributed by atoms with Crippen molar-refractivity contribution in [2.75, 3.05) is 6.61 Å². The van der Waals surface area contributed by atoms with Gasteiger partial charge in [0.25, 0.3) is 5.56 Å². The van der Waals surface area contributed by atoms with Crippen LogP contribution in [-0.2, 0) is 18.6 Å². The summed E-state index contributed by atoms with van der Waals surface area (Å²) in [5.74, 6) is -0.313. The molecule has 2 aromatic rings. The van der Waals surface area contributed by atoms with Gasteiger partial charge in [0.2, 0.25) is 0 Å². The molecule has 0 unspecified atom stereocenters. The Morgan fingerprint density at radius 3 is 2.73 bits per heavy atom. The van der Waals surface area contributed by atoms with Crippen molar-refractivity contribution >= 4 is 13.5 Å². The second-order valence-corrected chi connectivity index (χ2v) is 9.11. The van der Waals surface area contributed by atoms with Crippen molar-refractivity contribution in [1.82, 2.24) is 14.6 Å². The number of ether oxygens (including phenoxy) is 1. The number of nitrogens with one attached hydrogen (secondary N) is 2. The Bertz CT molecular complexity index is 1260. The average molecular weight is 488 g/mol. The Hall–Kier alpha value is -2.63. The fourth-order valence-corrected chi connectivity index (χ4v) is 4.55. The molecule has 1 aliphatic rings. The summed E-state index contributed by atoms with van der Waals surface area (Å²) in [7, 11) is -4.36. The number of hydrogen-bond donors (Lipinski definition) is 3. The maximum Gasteiger partial charge on any atom is 0.459 e. The van der Waals surface area contributed by atoms with E-state index in [9.17, 15) is 24.1 Å². The van der Waals surface area contributed by atoms with E-state index in [0.717, 1.165) is 12.3 Å². The zero-order valence-electron chi connectivity index (χ0n) is 20.6. The van der Waals surface area contributed by atoms with E-state index in [1.165, 1.54) is 26.0 Å². The number of rotatable bonds is 9. The molecule has 0 aliphatic carbocycles. The second-order valence-electron chi connectivity index (χ2n) is 7.42. The van der Waals surface area contributed by atoms with E-state index in [2.05, 4.69) is 5.09 Å². The molecule has 33 heavy (non-hydrogen) atoms. The Balaban J connectivity index is 1.91. The topological polar surface area (TPSA) is 149 Å². The first-order chi connectivity index (χ1) is 16.7. The van der Waals surface area contributed by atoms with Gasteiger partial charge in [-0.2, -0.15) is 0 Å². The molecule has 1 saturated heterocycles. The average Bonchev–Trinajstić information content (AvgIpc) is 3.04. The van der Waals surface area contributed by atoms with Crippen LogP contribution in [0.15, 0.2) is 52.2 Å². The van der Waals surface area contributed by atoms with Crippen molar-refractivity contribution in [3.63, 3.8) is 0 Å². The minimum absolute atomic E-state index is 0.0944. The van der Waals surface area contributed by atoms with Crippen molar-refractivity contribution in [3.8, 4) is 5.75 Å². The van der Waals surface area contributed by atoms with E-state index >= 15 is 4.39 Å². The number of aliphatic hydroxyl groups excluding tert-OH is 1. The zero-order chi connectivity index (χ0) is 26.9. The number of halogens is 1. The molecule has 1 aliphatic heterocycles. The molecule has 1 fully saturated rings. The predicted octanol–water partition coefficient (Wildman–Crippen LogP) is 1.29. The van der Waals surface area contributed by atoms with Crippen LogP contribution in [-0.4, -0.2) is 51.0 Å². The molecule has 11 nitrogen and oxygen atoms in total. The molecular weight excluding hydrogens is 460 g/mol. The highest BCUT2D eigenvalue weighted by Crippen LogP contribution is 2.47. The van der Waals surface area contributed by atoms with Gasteiger partial charge in [-0.15, -0.1) is 0 Å². The van der Waals surface area contributed by atoms with Crippen molar-refractivity contribution < 1.29 is 36.8 Å². The molecule has 0 amide bonds. The molecule has 6 atom stereocenters. The van der Waals surface area contributed by atoms with Crippen LogP contribution < -0.4 is 20.9 Å². The molecule has 3 N–H and O–H groups in total. The van der Waals surface area contributed by atoms with Crippen molar-refractivity contribution in [2.24, 2.45) is 0 Å². The maximum atomic E-state index is 16.0. The summed E-state index contributed by atoms with van der Waals surface area (Å²) in [5.41, 5.74) is -5.52. The van der Waals surface area contributed by atoms with Gasteiger partial charge in [-0.1, -0.05) is 18.2 Å². The third-order valence-electron chi connectivity index (χ3n) is 4.89. The third-order valence-corrected chi connectivity index (χ3v) is 6.53. The van der Waals surface area contributed by atoms with Gasteiger partial charge in [0.05, 0.1) is 12.6 Å². The SMILES string of the molecule is [2H]C([2H])([2H])[C@@]1(F)[C@H](O)[C@@H](CO[P@@](=O)(N[C@@H](C)C(C)=O)Oc2ccccc2)O[C@H]1n1ccc(=O)[nH]c1=O. The largest absolute Gasteiger partial charge is 0.459 e. The van der Waals surface area contributed by atoms with E-state index in [1.807, 2.05) is 4.98 Å². The summed E-state index contributed by atoms with van der Waals surface area (Å²) < 4.78 is 68.9. The van der Waals surface area contributed by atoms with E-state index < -0.39 is 68.4 Å². The smallest absolute Gasteiger partial charge is 0.413 e. The molecule has 1 aromatic heterocycles. The molecule has 2 heterocycles. The van der Waals surface area contributed by atoms with Gasteiger partial charge in [-0.3, -0.25) is 23.7 Å². The van der Waals surface area contributed by atoms with Crippen LogP contribution in [0.1, 0.15) is 31.0 Å². The van der Waals surface area contributed by atoms with Gasteiger partial charge in [-0.05, 0) is 32.8 Å². The first-order valence-corrected chi connectivity index (χ1v) is 11.3. The zero-order valence-corrected chi connectivity index (χ0v) is 18.5. The number of aromatic nitrogens is 2. The van der Waals surface area contributed by atoms with Gasteiger partial charge in [0, 0.05) is 16.4 Å². The lowest BCUT2D eigenvalue weighted by Crippen LogP contribution is -2.43. The van der Waals surface area contributed by atoms with E-state index in [4.69, 9.17) is 17.9 Å². The number of aliphatic hydroxyl groups is 1. The second kappa shape index (κ2) is 9.70. The van der Waals surface area contributed by atoms with Gasteiger partial charge in [0.1, 0.15) is 23.7 Å². The Morgan fingerprint density at radius 2 is 2.12 bits per heavy atom. The summed E-state index contributed by atoms with van der Waals surface area (Å²) in [4.78, 5) is 37.2. The lowest BCUT2D eigenvalue weighted by atomic mass is 9.98. The molecule has 13 heteroatoms. The summed E-state index contributed by atoms with van der Waals surface area (Å²) in [6.45, 7) is -1.73. The Morgan fingerprint density at radius 1 is 1.42 bits per heavy atom. The number of benzene rings is 1. The first kappa shape index (κ1) is 20.9. The van der Waals surface area contributed by atoms with Crippen molar-refractivity contribution in [3.05, 3.63) is 63.4 Å². The van der Waals surface area contributed by atoms with E-state index in [-0.39, 0.29) is 5.75 Å². The minimum atomic E-state index is -4.36. The number of hydrogen-bond acceptors (Lipinski definition) is 8. The molecular formula is C20H25FN3O8P. The summed E-state index contributed by atoms with van der Waals surface area (Å²) in [5, 5.41) is 13.1. The number of Topliss-reactive ketones (excluding diaryl/α,β-unsaturated/α-hetero) is 1. The number of alkyl halides is 1. The number of carbonyl (C=O) groups is 1. The van der Waals surface area contributed by atoms with Crippen LogP contribution in [0.5, 0.6) is 5.75 Å². The first-order valence-electron chi connectivity index (χ1n) is 11.3. The van der Waals surface area contributed by atoms with Gasteiger partial charge < -0.3 is 14.4 Å².